The van der Waals surface area contributed by atoms with Gasteiger partial charge >= 0.3 is 0 Å². The second-order valence-corrected chi connectivity index (χ2v) is 4.87. The Morgan fingerprint density at radius 3 is 2.62 bits per heavy atom. The fourth-order valence-corrected chi connectivity index (χ4v) is 2.01. The van der Waals surface area contributed by atoms with Gasteiger partial charge in [0.1, 0.15) is 5.75 Å². The fraction of sp³-hybridized carbons (Fsp3) is 0.235. The molecule has 2 rings (SSSR count). The Morgan fingerprint density at radius 1 is 1.14 bits per heavy atom. The van der Waals surface area contributed by atoms with Crippen LogP contribution in [0.25, 0.3) is 0 Å². The number of benzene rings is 2. The average Bonchev–Trinajstić information content (AvgIpc) is 2.52. The predicted molar refractivity (Wildman–Crippen MR) is 84.0 cm³/mol. The van der Waals surface area contributed by atoms with Crippen LogP contribution in [0, 0.1) is 0 Å². The Kier molecular flexibility index (Phi) is 5.21. The normalized spacial score (nSPS) is 10.1. The van der Waals surface area contributed by atoms with E-state index in [0.717, 1.165) is 22.6 Å². The predicted octanol–water partition coefficient (Wildman–Crippen LogP) is 2.53. The van der Waals surface area contributed by atoms with Crippen molar-refractivity contribution < 1.29 is 9.53 Å². The smallest absolute Gasteiger partial charge is 0.220 e. The number of hydrogen-bond acceptors (Lipinski definition) is 3. The highest BCUT2D eigenvalue weighted by Gasteiger charge is 2.03. The van der Waals surface area contributed by atoms with Gasteiger partial charge < -0.3 is 15.8 Å². The summed E-state index contributed by atoms with van der Waals surface area (Å²) in [5.41, 5.74) is 8.50. The monoisotopic (exact) mass is 284 g/mol. The number of nitrogens with two attached hydrogens (primary N) is 1. The van der Waals surface area contributed by atoms with Crippen LogP contribution < -0.4 is 15.8 Å². The van der Waals surface area contributed by atoms with Gasteiger partial charge in [-0.3, -0.25) is 4.79 Å². The lowest BCUT2D eigenvalue weighted by molar-refractivity contribution is -0.121. The van der Waals surface area contributed by atoms with Crippen molar-refractivity contribution in [2.45, 2.75) is 19.4 Å². The molecule has 0 fully saturated rings. The first kappa shape index (κ1) is 14.9. The SMILES string of the molecule is COc1cccc(CNC(=O)CCc2ccc(N)cc2)c1. The minimum atomic E-state index is 0.0367. The Hall–Kier alpha value is -2.49. The molecular formula is C17H20N2O2. The highest BCUT2D eigenvalue weighted by molar-refractivity contribution is 5.76. The summed E-state index contributed by atoms with van der Waals surface area (Å²) >= 11 is 0. The van der Waals surface area contributed by atoms with Gasteiger partial charge in [-0.1, -0.05) is 24.3 Å². The zero-order valence-electron chi connectivity index (χ0n) is 12.1. The van der Waals surface area contributed by atoms with Crippen molar-refractivity contribution in [1.82, 2.24) is 5.32 Å². The summed E-state index contributed by atoms with van der Waals surface area (Å²) in [6.07, 6.45) is 1.18. The maximum atomic E-state index is 11.8. The first-order valence-electron chi connectivity index (χ1n) is 6.91. The minimum Gasteiger partial charge on any atom is -0.497 e. The van der Waals surface area contributed by atoms with Crippen molar-refractivity contribution in [3.05, 3.63) is 59.7 Å². The molecule has 2 aromatic rings. The van der Waals surface area contributed by atoms with Crippen LogP contribution in [-0.4, -0.2) is 13.0 Å². The number of amides is 1. The van der Waals surface area contributed by atoms with E-state index in [1.54, 1.807) is 7.11 Å². The van der Waals surface area contributed by atoms with Gasteiger partial charge in [-0.05, 0) is 41.8 Å². The number of nitrogen functional groups attached to an aromatic ring is 1. The standard InChI is InChI=1S/C17H20N2O2/c1-21-16-4-2-3-14(11-16)12-19-17(20)10-7-13-5-8-15(18)9-6-13/h2-6,8-9,11H,7,10,12,18H2,1H3,(H,19,20). The third kappa shape index (κ3) is 4.84. The van der Waals surface area contributed by atoms with Crippen molar-refractivity contribution in [3.63, 3.8) is 0 Å². The molecule has 3 N–H and O–H groups in total. The van der Waals surface area contributed by atoms with Gasteiger partial charge in [-0.15, -0.1) is 0 Å². The van der Waals surface area contributed by atoms with E-state index in [0.29, 0.717) is 19.4 Å². The molecule has 4 nitrogen and oxygen atoms in total. The highest BCUT2D eigenvalue weighted by atomic mass is 16.5. The molecule has 0 radical (unpaired) electrons. The molecule has 0 unspecified atom stereocenters. The Bertz CT molecular complexity index is 594. The topological polar surface area (TPSA) is 64.3 Å². The summed E-state index contributed by atoms with van der Waals surface area (Å²) < 4.78 is 5.15. The van der Waals surface area contributed by atoms with Crippen LogP contribution in [0.2, 0.25) is 0 Å². The molecule has 0 aliphatic heterocycles. The molecule has 110 valence electrons. The van der Waals surface area contributed by atoms with Crippen LogP contribution in [0.15, 0.2) is 48.5 Å². The van der Waals surface area contributed by atoms with Crippen LogP contribution in [0.1, 0.15) is 17.5 Å². The molecule has 0 aliphatic rings. The fourth-order valence-electron chi connectivity index (χ4n) is 2.01. The third-order valence-corrected chi connectivity index (χ3v) is 3.24. The van der Waals surface area contributed by atoms with Crippen LogP contribution in [0.3, 0.4) is 0 Å². The van der Waals surface area contributed by atoms with E-state index in [9.17, 15) is 4.79 Å². The average molecular weight is 284 g/mol. The van der Waals surface area contributed by atoms with Gasteiger partial charge in [0.25, 0.3) is 0 Å². The lowest BCUT2D eigenvalue weighted by atomic mass is 10.1. The number of hydrogen-bond donors (Lipinski definition) is 2. The Morgan fingerprint density at radius 2 is 1.90 bits per heavy atom. The van der Waals surface area contributed by atoms with Gasteiger partial charge in [0.15, 0.2) is 0 Å². The summed E-state index contributed by atoms with van der Waals surface area (Å²) in [6.45, 7) is 0.512. The van der Waals surface area contributed by atoms with Gasteiger partial charge in [0.2, 0.25) is 5.91 Å². The van der Waals surface area contributed by atoms with E-state index in [2.05, 4.69) is 5.32 Å². The molecule has 0 aromatic heterocycles. The molecule has 21 heavy (non-hydrogen) atoms. The van der Waals surface area contributed by atoms with Crippen LogP contribution in [-0.2, 0) is 17.8 Å². The molecule has 0 bridgehead atoms. The van der Waals surface area contributed by atoms with E-state index in [1.165, 1.54) is 0 Å². The van der Waals surface area contributed by atoms with Crippen molar-refractivity contribution in [2.75, 3.05) is 12.8 Å². The molecule has 2 aromatic carbocycles. The van der Waals surface area contributed by atoms with Crippen molar-refractivity contribution in [1.29, 1.82) is 0 Å². The zero-order chi connectivity index (χ0) is 15.1. The number of carbonyl (C=O) groups is 1. The quantitative estimate of drug-likeness (QED) is 0.801. The van der Waals surface area contributed by atoms with Crippen molar-refractivity contribution in [2.24, 2.45) is 0 Å². The molecule has 0 aliphatic carbocycles. The van der Waals surface area contributed by atoms with Crippen LogP contribution in [0.4, 0.5) is 5.69 Å². The lowest BCUT2D eigenvalue weighted by Crippen LogP contribution is -2.22. The number of nitrogens with one attached hydrogen (secondary N) is 1. The number of anilines is 1. The molecule has 0 spiro atoms. The summed E-state index contributed by atoms with van der Waals surface area (Å²) in [4.78, 5) is 11.8. The van der Waals surface area contributed by atoms with E-state index in [1.807, 2.05) is 48.5 Å². The van der Waals surface area contributed by atoms with E-state index >= 15 is 0 Å². The molecule has 0 heterocycles. The van der Waals surface area contributed by atoms with Crippen LogP contribution in [0.5, 0.6) is 5.75 Å². The maximum Gasteiger partial charge on any atom is 0.220 e. The number of rotatable bonds is 6. The van der Waals surface area contributed by atoms with Crippen molar-refractivity contribution >= 4 is 11.6 Å². The molecule has 4 heteroatoms. The third-order valence-electron chi connectivity index (χ3n) is 3.24. The summed E-state index contributed by atoms with van der Waals surface area (Å²) in [7, 11) is 1.63. The van der Waals surface area contributed by atoms with Gasteiger partial charge in [0.05, 0.1) is 7.11 Å². The Labute approximate surface area is 124 Å². The maximum absolute atomic E-state index is 11.8. The molecule has 0 saturated heterocycles. The second kappa shape index (κ2) is 7.33. The zero-order valence-corrected chi connectivity index (χ0v) is 12.1. The number of aryl methyl sites for hydroxylation is 1. The van der Waals surface area contributed by atoms with Gasteiger partial charge in [0, 0.05) is 18.7 Å². The molecular weight excluding hydrogens is 264 g/mol. The van der Waals surface area contributed by atoms with Crippen LogP contribution >= 0.6 is 0 Å². The lowest BCUT2D eigenvalue weighted by Gasteiger charge is -2.07. The summed E-state index contributed by atoms with van der Waals surface area (Å²) in [5.74, 6) is 0.832. The largest absolute Gasteiger partial charge is 0.497 e. The number of carbonyl (C=O) groups excluding carboxylic acids is 1. The first-order valence-corrected chi connectivity index (χ1v) is 6.91. The minimum absolute atomic E-state index is 0.0367. The van der Waals surface area contributed by atoms with Gasteiger partial charge in [-0.2, -0.15) is 0 Å². The van der Waals surface area contributed by atoms with E-state index < -0.39 is 0 Å². The molecule has 0 saturated carbocycles. The molecule has 0 atom stereocenters. The van der Waals surface area contributed by atoms with Crippen molar-refractivity contribution in [3.8, 4) is 5.75 Å². The Balaban J connectivity index is 1.78. The highest BCUT2D eigenvalue weighted by Crippen LogP contribution is 2.12. The number of methoxy groups -OCH3 is 1. The summed E-state index contributed by atoms with van der Waals surface area (Å²) in [6, 6.07) is 15.3. The summed E-state index contributed by atoms with van der Waals surface area (Å²) in [5, 5.41) is 2.91. The second-order valence-electron chi connectivity index (χ2n) is 4.87. The van der Waals surface area contributed by atoms with Gasteiger partial charge in [-0.25, -0.2) is 0 Å². The molecule has 1 amide bonds. The first-order chi connectivity index (χ1) is 10.2. The van der Waals surface area contributed by atoms with E-state index in [4.69, 9.17) is 10.5 Å². The van der Waals surface area contributed by atoms with E-state index in [-0.39, 0.29) is 5.91 Å². The number of ether oxygens (including phenoxy) is 1.